The normalized spacial score (nSPS) is 14.8. The van der Waals surface area contributed by atoms with Gasteiger partial charge < -0.3 is 0 Å². The number of hydrogen-bond donors (Lipinski definition) is 0. The zero-order valence-electron chi connectivity index (χ0n) is 24.2. The van der Waals surface area contributed by atoms with E-state index in [0.717, 1.165) is 77.0 Å². The van der Waals surface area contributed by atoms with Gasteiger partial charge in [0.2, 0.25) is 0 Å². The van der Waals surface area contributed by atoms with Crippen molar-refractivity contribution in [2.75, 3.05) is 0 Å². The first-order chi connectivity index (χ1) is 14.5. The van der Waals surface area contributed by atoms with Crippen molar-refractivity contribution in [2.24, 2.45) is 0 Å². The molecule has 0 spiro atoms. The van der Waals surface area contributed by atoms with Crippen molar-refractivity contribution < 1.29 is 26.0 Å². The summed E-state index contributed by atoms with van der Waals surface area (Å²) in [5.41, 5.74) is -0.967. The van der Waals surface area contributed by atoms with Gasteiger partial charge in [0.05, 0.1) is 0 Å². The van der Waals surface area contributed by atoms with E-state index in [-0.39, 0.29) is 0 Å². The molecule has 0 atom stereocenters. The van der Waals surface area contributed by atoms with Crippen LogP contribution in [-0.2, 0) is 26.0 Å². The number of hydrogen-bond acceptors (Lipinski definition) is 3. The van der Waals surface area contributed by atoms with Crippen LogP contribution < -0.4 is 0 Å². The van der Waals surface area contributed by atoms with Crippen LogP contribution >= 0.6 is 0 Å². The third-order valence-corrected chi connectivity index (χ3v) is 18.8. The van der Waals surface area contributed by atoms with Gasteiger partial charge in [0.1, 0.15) is 0 Å². The van der Waals surface area contributed by atoms with Crippen LogP contribution in [0.5, 0.6) is 0 Å². The Hall–Kier alpha value is 0.434. The van der Waals surface area contributed by atoms with Crippen LogP contribution in [0.4, 0.5) is 0 Å². The van der Waals surface area contributed by atoms with Gasteiger partial charge in [0.25, 0.3) is 0 Å². The summed E-state index contributed by atoms with van der Waals surface area (Å²) in [4.78, 5) is 0. The zero-order valence-corrected chi connectivity index (χ0v) is 25.8. The fourth-order valence-corrected chi connectivity index (χ4v) is 15.5. The van der Waals surface area contributed by atoms with Gasteiger partial charge in [-0.1, -0.05) is 0 Å². The molecule has 0 aliphatic heterocycles. The molecule has 0 saturated carbocycles. The SMILES string of the molecule is CCCCC(C)(C)[O][Ti](=[O])([O]C(C)(C)CCCC)([C](C)(C)CCCC)[C](C)(C)CCCC. The van der Waals surface area contributed by atoms with E-state index in [4.69, 9.17) is 6.64 Å². The Morgan fingerprint density at radius 2 is 0.750 bits per heavy atom. The predicted octanol–water partition coefficient (Wildman–Crippen LogP) is 10.6. The van der Waals surface area contributed by atoms with E-state index in [0.29, 0.717) is 0 Å². The molecule has 0 fully saturated rings. The van der Waals surface area contributed by atoms with Crippen LogP contribution in [0.15, 0.2) is 0 Å². The van der Waals surface area contributed by atoms with Crippen LogP contribution in [-0.4, -0.2) is 11.2 Å². The maximum atomic E-state index is 16.2. The Balaban J connectivity index is 6.98. The van der Waals surface area contributed by atoms with Gasteiger partial charge in [0.15, 0.2) is 0 Å². The Morgan fingerprint density at radius 3 is 1.00 bits per heavy atom. The van der Waals surface area contributed by atoms with Crippen LogP contribution in [0.1, 0.15) is 160 Å². The van der Waals surface area contributed by atoms with Gasteiger partial charge >= 0.3 is 205 Å². The molecule has 32 heavy (non-hydrogen) atoms. The molecule has 0 saturated heterocycles. The van der Waals surface area contributed by atoms with Crippen LogP contribution in [0.3, 0.4) is 0 Å². The summed E-state index contributed by atoms with van der Waals surface area (Å²) in [6.45, 7) is 26.1. The quantitative estimate of drug-likeness (QED) is 0.178. The summed E-state index contributed by atoms with van der Waals surface area (Å²) in [5, 5.41) is 0. The Bertz CT molecular complexity index is 550. The molecule has 0 aromatic rings. The molecule has 4 heteroatoms. The predicted molar refractivity (Wildman–Crippen MR) is 137 cm³/mol. The minimum absolute atomic E-state index is 0.483. The van der Waals surface area contributed by atoms with Gasteiger partial charge in [0, 0.05) is 0 Å². The molecule has 0 radical (unpaired) electrons. The molecular weight excluding hydrogens is 432 g/mol. The van der Waals surface area contributed by atoms with Crippen molar-refractivity contribution >= 4 is 0 Å². The fraction of sp³-hybridized carbons (Fsp3) is 1.00. The standard InChI is InChI=1S/2C7H15O.2C7H15.O.Ti/c2*1-4-5-6-7(2,3)8;2*1-4-5-6-7(2)3;;/h2*4-6H2,1-3H3;2*4-6H2,1-3H3;;/q2*-1;;;;+2. The van der Waals surface area contributed by atoms with Crippen molar-refractivity contribution in [2.45, 2.75) is 179 Å². The van der Waals surface area contributed by atoms with Crippen LogP contribution in [0.2, 0.25) is 7.44 Å². The fourth-order valence-electron chi connectivity index (χ4n) is 5.47. The second-order valence-corrected chi connectivity index (χ2v) is 20.8. The monoisotopic (exact) mass is 492 g/mol. The average Bonchev–Trinajstić information content (AvgIpc) is 2.66. The third kappa shape index (κ3) is 7.72. The molecule has 0 unspecified atom stereocenters. The van der Waals surface area contributed by atoms with Crippen molar-refractivity contribution in [1.82, 2.24) is 0 Å². The van der Waals surface area contributed by atoms with E-state index >= 15 is 3.32 Å². The summed E-state index contributed by atoms with van der Waals surface area (Å²) in [5.74, 6) is 0. The van der Waals surface area contributed by atoms with Crippen LogP contribution in [0.25, 0.3) is 0 Å². The Labute approximate surface area is 204 Å². The molecule has 0 aromatic heterocycles. The van der Waals surface area contributed by atoms with Crippen LogP contribution in [0, 0.1) is 0 Å². The summed E-state index contributed by atoms with van der Waals surface area (Å²) < 4.78 is 29.5. The van der Waals surface area contributed by atoms with Gasteiger partial charge in [-0.05, 0) is 0 Å². The molecule has 0 amide bonds. The first-order valence-electron chi connectivity index (χ1n) is 13.8. The molecule has 0 heterocycles. The first-order valence-corrected chi connectivity index (χ1v) is 17.2. The van der Waals surface area contributed by atoms with E-state index in [9.17, 15) is 0 Å². The summed E-state index contributed by atoms with van der Waals surface area (Å²) in [7, 11) is 0. The van der Waals surface area contributed by atoms with E-state index < -0.39 is 34.7 Å². The maximum absolute atomic E-state index is 16.2. The first kappa shape index (κ1) is 32.4. The van der Waals surface area contributed by atoms with Gasteiger partial charge in [-0.25, -0.2) is 0 Å². The molecule has 0 N–H and O–H groups in total. The second-order valence-electron chi connectivity index (χ2n) is 12.9. The summed E-state index contributed by atoms with van der Waals surface area (Å²) >= 11 is -5.44. The third-order valence-electron chi connectivity index (χ3n) is 7.83. The molecule has 194 valence electrons. The number of unbranched alkanes of at least 4 members (excludes halogenated alkanes) is 4. The summed E-state index contributed by atoms with van der Waals surface area (Å²) in [6, 6.07) is 0. The van der Waals surface area contributed by atoms with E-state index in [1.807, 2.05) is 0 Å². The van der Waals surface area contributed by atoms with E-state index in [1.54, 1.807) is 0 Å². The minimum atomic E-state index is -5.44. The molecular formula is C28H60O3Ti. The number of rotatable bonds is 18. The molecule has 0 rings (SSSR count). The Morgan fingerprint density at radius 1 is 0.500 bits per heavy atom. The Kier molecular flexibility index (Phi) is 12.6. The molecule has 0 aromatic carbocycles. The average molecular weight is 493 g/mol. The molecule has 0 bridgehead atoms. The zero-order chi connectivity index (χ0) is 25.3. The van der Waals surface area contributed by atoms with E-state index in [1.165, 1.54) is 0 Å². The van der Waals surface area contributed by atoms with Gasteiger partial charge in [-0.2, -0.15) is 0 Å². The van der Waals surface area contributed by atoms with E-state index in [2.05, 4.69) is 83.1 Å². The van der Waals surface area contributed by atoms with Crippen molar-refractivity contribution in [3.63, 3.8) is 0 Å². The van der Waals surface area contributed by atoms with Crippen molar-refractivity contribution in [1.29, 1.82) is 0 Å². The van der Waals surface area contributed by atoms with Crippen molar-refractivity contribution in [3.8, 4) is 0 Å². The molecule has 0 aliphatic rings. The van der Waals surface area contributed by atoms with Crippen molar-refractivity contribution in [3.05, 3.63) is 0 Å². The second kappa shape index (κ2) is 12.4. The topological polar surface area (TPSA) is 35.5 Å². The molecule has 3 nitrogen and oxygen atoms in total. The van der Waals surface area contributed by atoms with Gasteiger partial charge in [-0.15, -0.1) is 0 Å². The summed E-state index contributed by atoms with van der Waals surface area (Å²) in [6.07, 6.45) is 12.1. The molecule has 0 aliphatic carbocycles. The van der Waals surface area contributed by atoms with Gasteiger partial charge in [-0.3, -0.25) is 0 Å².